The molecule has 0 radical (unpaired) electrons. The second kappa shape index (κ2) is 7.14. The Kier molecular flexibility index (Phi) is 4.55. The normalized spacial score (nSPS) is 30.7. The lowest BCUT2D eigenvalue weighted by Crippen LogP contribution is -2.56. The van der Waals surface area contributed by atoms with Gasteiger partial charge in [0.2, 0.25) is 5.91 Å². The standard InChI is InChI=1S/C26H31N3O2S/c1-14-23-22(20-6-4-5-7-21(20)32-23)25(31)29(28-14)15(2)24(30)27-16(3)26-11-17-8-18(12-26)10-19(9-17)13-26/h4-7,15-19H,8-13H2,1-3H3,(H,27,30)/t15-,16+,17?,18?,19?,26?/m1/s1. The lowest BCUT2D eigenvalue weighted by Gasteiger charge is -2.59. The summed E-state index contributed by atoms with van der Waals surface area (Å²) in [6, 6.07) is 7.46. The topological polar surface area (TPSA) is 64.0 Å². The summed E-state index contributed by atoms with van der Waals surface area (Å²) in [4.78, 5) is 26.8. The minimum atomic E-state index is -0.638. The maximum atomic E-state index is 13.4. The fourth-order valence-electron chi connectivity index (χ4n) is 7.45. The highest BCUT2D eigenvalue weighted by molar-refractivity contribution is 7.26. The Morgan fingerprint density at radius 1 is 1.12 bits per heavy atom. The summed E-state index contributed by atoms with van der Waals surface area (Å²) in [5, 5.41) is 9.53. The summed E-state index contributed by atoms with van der Waals surface area (Å²) in [6.45, 7) is 5.92. The van der Waals surface area contributed by atoms with Crippen molar-refractivity contribution in [2.45, 2.75) is 71.4 Å². The third kappa shape index (κ3) is 2.98. The van der Waals surface area contributed by atoms with Gasteiger partial charge in [0.25, 0.3) is 5.56 Å². The molecule has 2 atom stereocenters. The van der Waals surface area contributed by atoms with Crippen LogP contribution < -0.4 is 10.9 Å². The van der Waals surface area contributed by atoms with E-state index in [-0.39, 0.29) is 22.9 Å². The van der Waals surface area contributed by atoms with Crippen LogP contribution in [-0.4, -0.2) is 21.7 Å². The highest BCUT2D eigenvalue weighted by atomic mass is 32.1. The van der Waals surface area contributed by atoms with E-state index in [2.05, 4.69) is 17.3 Å². The predicted octanol–water partition coefficient (Wildman–Crippen LogP) is 5.20. The summed E-state index contributed by atoms with van der Waals surface area (Å²) in [7, 11) is 0. The number of hydrogen-bond donors (Lipinski definition) is 1. The van der Waals surface area contributed by atoms with Gasteiger partial charge < -0.3 is 5.32 Å². The first kappa shape index (κ1) is 20.4. The molecule has 168 valence electrons. The summed E-state index contributed by atoms with van der Waals surface area (Å²) < 4.78 is 3.40. The van der Waals surface area contributed by atoms with Crippen molar-refractivity contribution in [2.75, 3.05) is 0 Å². The zero-order valence-corrected chi connectivity index (χ0v) is 19.9. The number of nitrogens with zero attached hydrogens (tertiary/aromatic N) is 2. The van der Waals surface area contributed by atoms with E-state index in [1.807, 2.05) is 31.2 Å². The molecule has 1 N–H and O–H groups in total. The molecule has 0 spiro atoms. The van der Waals surface area contributed by atoms with E-state index in [9.17, 15) is 9.59 Å². The van der Waals surface area contributed by atoms with Crippen molar-refractivity contribution in [1.29, 1.82) is 0 Å². The first-order chi connectivity index (χ1) is 15.3. The molecular formula is C26H31N3O2S. The number of thiophene rings is 1. The number of rotatable bonds is 4. The molecule has 0 saturated heterocycles. The third-order valence-corrected chi connectivity index (χ3v) is 9.99. The fraction of sp³-hybridized carbons (Fsp3) is 0.577. The van der Waals surface area contributed by atoms with E-state index in [0.29, 0.717) is 5.39 Å². The van der Waals surface area contributed by atoms with Crippen LogP contribution in [0, 0.1) is 30.1 Å². The first-order valence-electron chi connectivity index (χ1n) is 12.1. The quantitative estimate of drug-likeness (QED) is 0.595. The molecule has 4 fully saturated rings. The van der Waals surface area contributed by atoms with Gasteiger partial charge in [0.05, 0.1) is 15.8 Å². The van der Waals surface area contributed by atoms with Crippen LogP contribution in [0.3, 0.4) is 0 Å². The summed E-state index contributed by atoms with van der Waals surface area (Å²) in [6.07, 6.45) is 7.92. The Bertz CT molecular complexity index is 1250. The predicted molar refractivity (Wildman–Crippen MR) is 129 cm³/mol. The van der Waals surface area contributed by atoms with Gasteiger partial charge in [-0.15, -0.1) is 11.3 Å². The van der Waals surface area contributed by atoms with Crippen LogP contribution in [0.5, 0.6) is 0 Å². The zero-order valence-electron chi connectivity index (χ0n) is 19.1. The van der Waals surface area contributed by atoms with Gasteiger partial charge in [-0.2, -0.15) is 5.10 Å². The molecule has 4 aliphatic rings. The Balaban J connectivity index is 1.30. The lowest BCUT2D eigenvalue weighted by molar-refractivity contribution is -0.129. The average Bonchev–Trinajstić information content (AvgIpc) is 3.15. The highest BCUT2D eigenvalue weighted by Crippen LogP contribution is 2.61. The average molecular weight is 450 g/mol. The van der Waals surface area contributed by atoms with Gasteiger partial charge in [-0.25, -0.2) is 4.68 Å². The van der Waals surface area contributed by atoms with Gasteiger partial charge >= 0.3 is 0 Å². The number of carbonyl (C=O) groups excluding carboxylic acids is 1. The third-order valence-electron chi connectivity index (χ3n) is 8.71. The molecule has 1 aromatic carbocycles. The van der Waals surface area contributed by atoms with Crippen molar-refractivity contribution < 1.29 is 4.79 Å². The molecule has 5 nitrogen and oxygen atoms in total. The molecule has 0 aliphatic heterocycles. The molecule has 3 aromatic rings. The van der Waals surface area contributed by atoms with E-state index >= 15 is 0 Å². The number of nitrogens with one attached hydrogen (secondary N) is 1. The maximum Gasteiger partial charge on any atom is 0.276 e. The van der Waals surface area contributed by atoms with Gasteiger partial charge in [0, 0.05) is 16.1 Å². The summed E-state index contributed by atoms with van der Waals surface area (Å²) in [5.41, 5.74) is 0.870. The van der Waals surface area contributed by atoms with Gasteiger partial charge in [-0.3, -0.25) is 9.59 Å². The van der Waals surface area contributed by atoms with Crippen LogP contribution in [0.2, 0.25) is 0 Å². The van der Waals surface area contributed by atoms with Crippen molar-refractivity contribution in [1.82, 2.24) is 15.1 Å². The minimum absolute atomic E-state index is 0.0962. The number of fused-ring (bicyclic) bond motifs is 3. The van der Waals surface area contributed by atoms with E-state index in [1.165, 1.54) is 43.2 Å². The van der Waals surface area contributed by atoms with Crippen molar-refractivity contribution in [3.05, 3.63) is 40.3 Å². The Morgan fingerprint density at radius 3 is 2.41 bits per heavy atom. The van der Waals surface area contributed by atoms with Gasteiger partial charge in [-0.05, 0) is 88.5 Å². The lowest BCUT2D eigenvalue weighted by atomic mass is 9.48. The van der Waals surface area contributed by atoms with Crippen molar-refractivity contribution in [2.24, 2.45) is 23.2 Å². The van der Waals surface area contributed by atoms with E-state index < -0.39 is 6.04 Å². The van der Waals surface area contributed by atoms with Gasteiger partial charge in [0.1, 0.15) is 6.04 Å². The maximum absolute atomic E-state index is 13.4. The van der Waals surface area contributed by atoms with Crippen LogP contribution in [0.25, 0.3) is 20.2 Å². The Hall–Kier alpha value is -2.21. The number of aryl methyl sites for hydroxylation is 1. The molecule has 2 heterocycles. The van der Waals surface area contributed by atoms with Crippen molar-refractivity contribution in [3.63, 3.8) is 0 Å². The van der Waals surface area contributed by atoms with Gasteiger partial charge in [-0.1, -0.05) is 18.2 Å². The SMILES string of the molecule is Cc1nn([C@H](C)C(=O)N[C@@H](C)C23CC4CC(CC(C4)C2)C3)c(=O)c2c1sc1ccccc12. The summed E-state index contributed by atoms with van der Waals surface area (Å²) in [5.74, 6) is 2.44. The molecule has 4 bridgehead atoms. The molecule has 4 aliphatic carbocycles. The van der Waals surface area contributed by atoms with Crippen molar-refractivity contribution >= 4 is 37.4 Å². The van der Waals surface area contributed by atoms with Crippen LogP contribution >= 0.6 is 11.3 Å². The minimum Gasteiger partial charge on any atom is -0.351 e. The van der Waals surface area contributed by atoms with Crippen LogP contribution in [0.4, 0.5) is 0 Å². The summed E-state index contributed by atoms with van der Waals surface area (Å²) >= 11 is 1.60. The molecule has 32 heavy (non-hydrogen) atoms. The second-order valence-corrected chi connectivity index (χ2v) is 11.9. The molecule has 1 amide bonds. The Labute approximate surface area is 192 Å². The Morgan fingerprint density at radius 2 is 1.75 bits per heavy atom. The van der Waals surface area contributed by atoms with Crippen LogP contribution in [0.1, 0.15) is 64.1 Å². The number of benzene rings is 1. The van der Waals surface area contributed by atoms with Gasteiger partial charge in [0.15, 0.2) is 0 Å². The zero-order chi connectivity index (χ0) is 22.2. The number of hydrogen-bond acceptors (Lipinski definition) is 4. The number of carbonyl (C=O) groups is 1. The van der Waals surface area contributed by atoms with E-state index in [0.717, 1.165) is 38.2 Å². The van der Waals surface area contributed by atoms with E-state index in [1.54, 1.807) is 18.3 Å². The monoisotopic (exact) mass is 449 g/mol. The molecular weight excluding hydrogens is 418 g/mol. The second-order valence-electron chi connectivity index (χ2n) is 10.8. The fourth-order valence-corrected chi connectivity index (χ4v) is 8.58. The van der Waals surface area contributed by atoms with Crippen LogP contribution in [-0.2, 0) is 4.79 Å². The number of aromatic nitrogens is 2. The largest absolute Gasteiger partial charge is 0.351 e. The molecule has 4 saturated carbocycles. The molecule has 0 unspecified atom stereocenters. The smallest absolute Gasteiger partial charge is 0.276 e. The molecule has 6 heteroatoms. The van der Waals surface area contributed by atoms with E-state index in [4.69, 9.17) is 0 Å². The van der Waals surface area contributed by atoms with Crippen LogP contribution in [0.15, 0.2) is 29.1 Å². The highest BCUT2D eigenvalue weighted by Gasteiger charge is 2.53. The molecule has 2 aromatic heterocycles. The van der Waals surface area contributed by atoms with Crippen molar-refractivity contribution in [3.8, 4) is 0 Å². The molecule has 7 rings (SSSR count). The number of amides is 1. The first-order valence-corrected chi connectivity index (χ1v) is 12.9.